The van der Waals surface area contributed by atoms with Crippen LogP contribution >= 0.6 is 0 Å². The molecule has 0 heterocycles. The standard InChI is InChI=1S/C8H13B3/c1-4-3-5(2)7(10)8(11)6(4)9/h3H,9-11H2,1-2H3. The third kappa shape index (κ3) is 1.37. The molecule has 1 aromatic carbocycles. The Morgan fingerprint density at radius 1 is 0.818 bits per heavy atom. The Morgan fingerprint density at radius 2 is 1.18 bits per heavy atom. The largest absolute Gasteiger partial charge is 0.138 e. The van der Waals surface area contributed by atoms with Crippen LogP contribution in [0.15, 0.2) is 6.07 Å². The van der Waals surface area contributed by atoms with Gasteiger partial charge in [0, 0.05) is 0 Å². The zero-order valence-corrected chi connectivity index (χ0v) is 8.08. The molecule has 0 saturated carbocycles. The molecule has 0 aromatic heterocycles. The van der Waals surface area contributed by atoms with Gasteiger partial charge in [0.1, 0.15) is 23.5 Å². The molecular weight excluding hydrogens is 129 g/mol. The van der Waals surface area contributed by atoms with Crippen molar-refractivity contribution in [3.05, 3.63) is 17.2 Å². The molecule has 1 rings (SSSR count). The number of hydrogen-bond acceptors (Lipinski definition) is 0. The predicted octanol–water partition coefficient (Wildman–Crippen LogP) is -2.92. The molecule has 0 aliphatic rings. The average molecular weight is 142 g/mol. The molecular formula is C8H13B3. The highest BCUT2D eigenvalue weighted by Gasteiger charge is 2.01. The molecule has 0 aliphatic heterocycles. The van der Waals surface area contributed by atoms with Crippen molar-refractivity contribution in [2.75, 3.05) is 0 Å². The minimum absolute atomic E-state index is 1.41. The van der Waals surface area contributed by atoms with E-state index in [2.05, 4.69) is 43.5 Å². The topological polar surface area (TPSA) is 0 Å². The minimum Gasteiger partial charge on any atom is -0.101 e. The molecule has 0 radical (unpaired) electrons. The van der Waals surface area contributed by atoms with Crippen molar-refractivity contribution in [2.45, 2.75) is 13.8 Å². The second-order valence-corrected chi connectivity index (χ2v) is 3.39. The van der Waals surface area contributed by atoms with Crippen LogP contribution in [0.2, 0.25) is 0 Å². The fraction of sp³-hybridized carbons (Fsp3) is 0.250. The van der Waals surface area contributed by atoms with Crippen molar-refractivity contribution >= 4 is 39.9 Å². The zero-order chi connectivity index (χ0) is 8.59. The Balaban J connectivity index is 3.46. The Morgan fingerprint density at radius 3 is 1.55 bits per heavy atom. The van der Waals surface area contributed by atoms with Gasteiger partial charge in [-0.2, -0.15) is 0 Å². The number of aryl methyl sites for hydroxylation is 2. The van der Waals surface area contributed by atoms with E-state index in [0.29, 0.717) is 0 Å². The molecule has 0 nitrogen and oxygen atoms in total. The van der Waals surface area contributed by atoms with Crippen molar-refractivity contribution in [3.63, 3.8) is 0 Å². The summed E-state index contributed by atoms with van der Waals surface area (Å²) in [4.78, 5) is 0. The van der Waals surface area contributed by atoms with Crippen molar-refractivity contribution in [2.24, 2.45) is 0 Å². The van der Waals surface area contributed by atoms with Gasteiger partial charge >= 0.3 is 0 Å². The van der Waals surface area contributed by atoms with Crippen LogP contribution in [0.5, 0.6) is 0 Å². The highest BCUT2D eigenvalue weighted by molar-refractivity contribution is 6.57. The summed E-state index contributed by atoms with van der Waals surface area (Å²) in [6, 6.07) is 2.26. The summed E-state index contributed by atoms with van der Waals surface area (Å²) in [6.07, 6.45) is 0. The van der Waals surface area contributed by atoms with Crippen LogP contribution in [0.4, 0.5) is 0 Å². The molecule has 0 N–H and O–H groups in total. The van der Waals surface area contributed by atoms with Gasteiger partial charge in [-0.1, -0.05) is 28.1 Å². The van der Waals surface area contributed by atoms with Crippen LogP contribution in [0.1, 0.15) is 11.1 Å². The Labute approximate surface area is 71.6 Å². The Hall–Kier alpha value is -0.585. The predicted molar refractivity (Wildman–Crippen MR) is 60.5 cm³/mol. The molecule has 3 heteroatoms. The molecule has 0 atom stereocenters. The molecule has 54 valence electrons. The Kier molecular flexibility index (Phi) is 2.17. The van der Waals surface area contributed by atoms with Gasteiger partial charge in [-0.05, 0) is 13.8 Å². The van der Waals surface area contributed by atoms with Crippen LogP contribution in [0.25, 0.3) is 0 Å². The number of benzene rings is 1. The summed E-state index contributed by atoms with van der Waals surface area (Å²) in [7, 11) is 6.58. The summed E-state index contributed by atoms with van der Waals surface area (Å²) in [5, 5.41) is 0. The van der Waals surface area contributed by atoms with E-state index < -0.39 is 0 Å². The van der Waals surface area contributed by atoms with Crippen molar-refractivity contribution < 1.29 is 0 Å². The van der Waals surface area contributed by atoms with Crippen LogP contribution in [-0.4, -0.2) is 23.5 Å². The molecule has 0 spiro atoms. The van der Waals surface area contributed by atoms with E-state index in [1.54, 1.807) is 0 Å². The van der Waals surface area contributed by atoms with E-state index >= 15 is 0 Å². The van der Waals surface area contributed by atoms with Gasteiger partial charge in [0.25, 0.3) is 0 Å². The first-order chi connectivity index (χ1) is 5.04. The minimum atomic E-state index is 1.41. The maximum atomic E-state index is 2.26. The first kappa shape index (κ1) is 8.51. The van der Waals surface area contributed by atoms with Crippen LogP contribution < -0.4 is 16.4 Å². The molecule has 0 aliphatic carbocycles. The van der Waals surface area contributed by atoms with Gasteiger partial charge in [-0.25, -0.2) is 0 Å². The number of rotatable bonds is 0. The fourth-order valence-corrected chi connectivity index (χ4v) is 1.41. The van der Waals surface area contributed by atoms with Crippen molar-refractivity contribution in [3.8, 4) is 0 Å². The summed E-state index contributed by atoms with van der Waals surface area (Å²) in [5.74, 6) is 0. The van der Waals surface area contributed by atoms with Crippen molar-refractivity contribution in [1.29, 1.82) is 0 Å². The normalized spacial score (nSPS) is 10.0. The lowest BCUT2D eigenvalue weighted by Crippen LogP contribution is -2.41. The summed E-state index contributed by atoms with van der Waals surface area (Å²) in [6.45, 7) is 4.35. The van der Waals surface area contributed by atoms with Gasteiger partial charge in [0.15, 0.2) is 0 Å². The third-order valence-electron chi connectivity index (χ3n) is 2.74. The van der Waals surface area contributed by atoms with E-state index in [1.165, 1.54) is 27.5 Å². The lowest BCUT2D eigenvalue weighted by Gasteiger charge is -2.11. The van der Waals surface area contributed by atoms with E-state index in [9.17, 15) is 0 Å². The van der Waals surface area contributed by atoms with E-state index in [4.69, 9.17) is 0 Å². The van der Waals surface area contributed by atoms with Gasteiger partial charge < -0.3 is 0 Å². The monoisotopic (exact) mass is 142 g/mol. The molecule has 0 bridgehead atoms. The molecule has 0 saturated heterocycles. The quantitative estimate of drug-likeness (QED) is 0.340. The van der Waals surface area contributed by atoms with Crippen molar-refractivity contribution in [1.82, 2.24) is 0 Å². The maximum Gasteiger partial charge on any atom is 0.138 e. The highest BCUT2D eigenvalue weighted by Crippen LogP contribution is 1.93. The van der Waals surface area contributed by atoms with E-state index in [0.717, 1.165) is 0 Å². The number of hydrogen-bond donors (Lipinski definition) is 0. The third-order valence-corrected chi connectivity index (χ3v) is 2.74. The summed E-state index contributed by atoms with van der Waals surface area (Å²) >= 11 is 0. The second-order valence-electron chi connectivity index (χ2n) is 3.39. The highest BCUT2D eigenvalue weighted by atomic mass is 14.0. The Bertz CT molecular complexity index is 266. The van der Waals surface area contributed by atoms with E-state index in [-0.39, 0.29) is 0 Å². The van der Waals surface area contributed by atoms with Gasteiger partial charge in [0.2, 0.25) is 0 Å². The first-order valence-electron chi connectivity index (χ1n) is 4.08. The maximum absolute atomic E-state index is 2.26. The van der Waals surface area contributed by atoms with Gasteiger partial charge in [-0.3, -0.25) is 0 Å². The SMILES string of the molecule is Bc1c(C)cc(C)c(B)c1B. The zero-order valence-electron chi connectivity index (χ0n) is 8.08. The van der Waals surface area contributed by atoms with E-state index in [1.807, 2.05) is 0 Å². The first-order valence-corrected chi connectivity index (χ1v) is 4.08. The van der Waals surface area contributed by atoms with Crippen LogP contribution in [0, 0.1) is 13.8 Å². The smallest absolute Gasteiger partial charge is 0.101 e. The summed E-state index contributed by atoms with van der Waals surface area (Å²) < 4.78 is 0. The van der Waals surface area contributed by atoms with Crippen LogP contribution in [-0.2, 0) is 0 Å². The summed E-state index contributed by atoms with van der Waals surface area (Å²) in [5.41, 5.74) is 7.14. The van der Waals surface area contributed by atoms with Crippen LogP contribution in [0.3, 0.4) is 0 Å². The van der Waals surface area contributed by atoms with Gasteiger partial charge in [-0.15, -0.1) is 5.46 Å². The molecule has 0 unspecified atom stereocenters. The fourth-order valence-electron chi connectivity index (χ4n) is 1.41. The molecule has 11 heavy (non-hydrogen) atoms. The second kappa shape index (κ2) is 2.81. The lowest BCUT2D eigenvalue weighted by molar-refractivity contribution is 1.45. The molecule has 0 amide bonds. The molecule has 1 aromatic rings. The lowest BCUT2D eigenvalue weighted by atomic mass is 9.69. The van der Waals surface area contributed by atoms with Gasteiger partial charge in [0.05, 0.1) is 0 Å². The average Bonchev–Trinajstić information content (AvgIpc) is 1.97. The molecule has 0 fully saturated rings.